The molecular formula is C20H25ClN3O3+. The zero-order chi connectivity index (χ0) is 19.8. The molecule has 7 heteroatoms. The van der Waals surface area contributed by atoms with Crippen molar-refractivity contribution < 1.29 is 19.2 Å². The van der Waals surface area contributed by atoms with Gasteiger partial charge in [-0.15, -0.1) is 0 Å². The second kappa shape index (κ2) is 9.94. The second-order valence-electron chi connectivity index (χ2n) is 6.43. The third-order valence-corrected chi connectivity index (χ3v) is 4.28. The number of rotatable bonds is 8. The fourth-order valence-corrected chi connectivity index (χ4v) is 2.77. The van der Waals surface area contributed by atoms with Crippen LogP contribution < -0.4 is 20.3 Å². The van der Waals surface area contributed by atoms with Crippen LogP contribution in [0.15, 0.2) is 48.5 Å². The average Bonchev–Trinajstić information content (AvgIpc) is 2.61. The normalized spacial score (nSPS) is 12.7. The number of nitrogens with one attached hydrogen (secondary N) is 3. The van der Waals surface area contributed by atoms with Gasteiger partial charge in [0.05, 0.1) is 20.2 Å². The number of likely N-dealkylation sites (N-methyl/N-ethyl adjacent to an activating group) is 1. The van der Waals surface area contributed by atoms with E-state index in [4.69, 9.17) is 16.3 Å². The van der Waals surface area contributed by atoms with Gasteiger partial charge in [-0.1, -0.05) is 29.8 Å². The monoisotopic (exact) mass is 390 g/mol. The smallest absolute Gasteiger partial charge is 0.279 e. The first-order chi connectivity index (χ1) is 12.9. The molecule has 144 valence electrons. The lowest BCUT2D eigenvalue weighted by atomic mass is 10.1. The summed E-state index contributed by atoms with van der Waals surface area (Å²) < 4.78 is 5.13. The molecule has 2 aromatic carbocycles. The van der Waals surface area contributed by atoms with Gasteiger partial charge in [-0.05, 0) is 36.8 Å². The number of methoxy groups -OCH3 is 1. The van der Waals surface area contributed by atoms with Gasteiger partial charge < -0.3 is 20.3 Å². The summed E-state index contributed by atoms with van der Waals surface area (Å²) in [5.74, 6) is 0.382. The molecule has 0 aromatic heterocycles. The van der Waals surface area contributed by atoms with Gasteiger partial charge in [-0.2, -0.15) is 0 Å². The lowest BCUT2D eigenvalue weighted by molar-refractivity contribution is -0.862. The fraction of sp³-hybridized carbons (Fsp3) is 0.300. The molecule has 3 N–H and O–H groups in total. The highest BCUT2D eigenvalue weighted by Gasteiger charge is 2.16. The molecule has 0 saturated heterocycles. The maximum Gasteiger partial charge on any atom is 0.279 e. The molecule has 2 amide bonds. The molecule has 6 nitrogen and oxygen atoms in total. The van der Waals surface area contributed by atoms with E-state index in [-0.39, 0.29) is 30.9 Å². The Morgan fingerprint density at radius 1 is 1.11 bits per heavy atom. The zero-order valence-corrected chi connectivity index (χ0v) is 16.5. The lowest BCUT2D eigenvalue weighted by Crippen LogP contribution is -3.11. The van der Waals surface area contributed by atoms with Crippen LogP contribution in [0.5, 0.6) is 5.75 Å². The second-order valence-corrected chi connectivity index (χ2v) is 6.87. The Hall–Kier alpha value is -2.57. The minimum absolute atomic E-state index is 0.121. The fourth-order valence-electron chi connectivity index (χ4n) is 2.64. The van der Waals surface area contributed by atoms with Gasteiger partial charge in [0.1, 0.15) is 5.75 Å². The highest BCUT2D eigenvalue weighted by atomic mass is 35.5. The van der Waals surface area contributed by atoms with E-state index >= 15 is 0 Å². The number of amides is 2. The van der Waals surface area contributed by atoms with E-state index in [9.17, 15) is 9.59 Å². The first-order valence-electron chi connectivity index (χ1n) is 8.67. The molecule has 1 unspecified atom stereocenters. The first kappa shape index (κ1) is 20.7. The summed E-state index contributed by atoms with van der Waals surface area (Å²) in [7, 11) is 3.38. The molecule has 2 atom stereocenters. The topological polar surface area (TPSA) is 71.9 Å². The quantitative estimate of drug-likeness (QED) is 0.642. The maximum absolute atomic E-state index is 12.2. The summed E-state index contributed by atoms with van der Waals surface area (Å²) in [5.41, 5.74) is 1.63. The number of ether oxygens (including phenoxy) is 1. The average molecular weight is 391 g/mol. The molecule has 2 rings (SSSR count). The Bertz CT molecular complexity index is 780. The van der Waals surface area contributed by atoms with Crippen LogP contribution in [0.25, 0.3) is 0 Å². The van der Waals surface area contributed by atoms with E-state index in [2.05, 4.69) is 10.6 Å². The molecule has 2 aromatic rings. The van der Waals surface area contributed by atoms with Crippen molar-refractivity contribution in [3.63, 3.8) is 0 Å². The van der Waals surface area contributed by atoms with E-state index in [1.165, 1.54) is 0 Å². The lowest BCUT2D eigenvalue weighted by Gasteiger charge is -2.17. The molecule has 27 heavy (non-hydrogen) atoms. The van der Waals surface area contributed by atoms with Crippen molar-refractivity contribution >= 4 is 29.1 Å². The van der Waals surface area contributed by atoms with Gasteiger partial charge in [0.25, 0.3) is 11.8 Å². The van der Waals surface area contributed by atoms with E-state index in [0.29, 0.717) is 16.5 Å². The summed E-state index contributed by atoms with van der Waals surface area (Å²) in [6.07, 6.45) is 0. The minimum atomic E-state index is -0.167. The predicted octanol–water partition coefficient (Wildman–Crippen LogP) is 1.68. The molecule has 0 saturated carbocycles. The van der Waals surface area contributed by atoms with Gasteiger partial charge >= 0.3 is 0 Å². The summed E-state index contributed by atoms with van der Waals surface area (Å²) >= 11 is 5.88. The molecule has 0 aliphatic heterocycles. The van der Waals surface area contributed by atoms with Crippen LogP contribution in [0.2, 0.25) is 5.02 Å². The third-order valence-electron chi connectivity index (χ3n) is 4.03. The van der Waals surface area contributed by atoms with Crippen molar-refractivity contribution in [1.82, 2.24) is 5.32 Å². The van der Waals surface area contributed by atoms with Gasteiger partial charge in [-0.25, -0.2) is 0 Å². The number of halogens is 1. The molecule has 0 spiro atoms. The Morgan fingerprint density at radius 3 is 2.44 bits per heavy atom. The van der Waals surface area contributed by atoms with Crippen molar-refractivity contribution in [2.45, 2.75) is 13.0 Å². The highest BCUT2D eigenvalue weighted by molar-refractivity contribution is 6.30. The van der Waals surface area contributed by atoms with Gasteiger partial charge in [0, 0.05) is 16.8 Å². The number of quaternary nitrogens is 1. The highest BCUT2D eigenvalue weighted by Crippen LogP contribution is 2.16. The predicted molar refractivity (Wildman–Crippen MR) is 106 cm³/mol. The largest absolute Gasteiger partial charge is 0.497 e. The number of benzene rings is 2. The van der Waals surface area contributed by atoms with E-state index in [0.717, 1.165) is 10.5 Å². The summed E-state index contributed by atoms with van der Waals surface area (Å²) in [6, 6.07) is 14.4. The zero-order valence-electron chi connectivity index (χ0n) is 15.7. The third kappa shape index (κ3) is 6.92. The van der Waals surface area contributed by atoms with E-state index in [1.807, 2.05) is 19.1 Å². The number of carbonyl (C=O) groups is 2. The van der Waals surface area contributed by atoms with Crippen molar-refractivity contribution in [1.29, 1.82) is 0 Å². The minimum Gasteiger partial charge on any atom is -0.497 e. The molecule has 0 radical (unpaired) electrons. The number of hydrogen-bond donors (Lipinski definition) is 3. The SMILES string of the molecule is COc1cccc(NC(=O)C[NH+](C)CC(=O)N[C@@H](C)c2ccc(Cl)cc2)c1. The summed E-state index contributed by atoms with van der Waals surface area (Å²) in [4.78, 5) is 25.2. The Morgan fingerprint density at radius 2 is 1.78 bits per heavy atom. The van der Waals surface area contributed by atoms with Crippen LogP contribution in [-0.4, -0.2) is 39.1 Å². The van der Waals surface area contributed by atoms with Crippen LogP contribution in [0.4, 0.5) is 5.69 Å². The van der Waals surface area contributed by atoms with Crippen molar-refractivity contribution in [3.05, 3.63) is 59.1 Å². The Balaban J connectivity index is 1.79. The maximum atomic E-state index is 12.2. The molecule has 0 aliphatic carbocycles. The molecular weight excluding hydrogens is 366 g/mol. The van der Waals surface area contributed by atoms with Gasteiger partial charge in [0.2, 0.25) is 0 Å². The van der Waals surface area contributed by atoms with Gasteiger partial charge in [-0.3, -0.25) is 9.59 Å². The number of hydrogen-bond acceptors (Lipinski definition) is 3. The Kier molecular flexibility index (Phi) is 7.64. The van der Waals surface area contributed by atoms with Crippen molar-refractivity contribution in [3.8, 4) is 5.75 Å². The molecule has 0 fully saturated rings. The number of carbonyl (C=O) groups excluding carboxylic acids is 2. The van der Waals surface area contributed by atoms with Crippen molar-refractivity contribution in [2.24, 2.45) is 0 Å². The standard InChI is InChI=1S/C20H24ClN3O3/c1-14(15-7-9-16(21)10-8-15)22-19(25)12-24(2)13-20(26)23-17-5-4-6-18(11-17)27-3/h4-11,14H,12-13H2,1-3H3,(H,22,25)(H,23,26)/p+1/t14-/m0/s1. The van der Waals surface area contributed by atoms with Crippen molar-refractivity contribution in [2.75, 3.05) is 32.6 Å². The first-order valence-corrected chi connectivity index (χ1v) is 9.05. The Labute approximate surface area is 164 Å². The summed E-state index contributed by atoms with van der Waals surface area (Å²) in [6.45, 7) is 2.29. The van der Waals surface area contributed by atoms with Crippen LogP contribution in [0, 0.1) is 0 Å². The van der Waals surface area contributed by atoms with Crippen LogP contribution >= 0.6 is 11.6 Å². The van der Waals surface area contributed by atoms with E-state index in [1.54, 1.807) is 50.6 Å². The molecule has 0 heterocycles. The van der Waals surface area contributed by atoms with E-state index < -0.39 is 0 Å². The van der Waals surface area contributed by atoms with Crippen LogP contribution in [-0.2, 0) is 9.59 Å². The molecule has 0 bridgehead atoms. The van der Waals surface area contributed by atoms with Crippen LogP contribution in [0.1, 0.15) is 18.5 Å². The molecule has 0 aliphatic rings. The van der Waals surface area contributed by atoms with Crippen LogP contribution in [0.3, 0.4) is 0 Å². The number of anilines is 1. The summed E-state index contributed by atoms with van der Waals surface area (Å²) in [5, 5.41) is 6.40. The van der Waals surface area contributed by atoms with Gasteiger partial charge in [0.15, 0.2) is 13.1 Å².